The molecule has 0 bridgehead atoms. The Hall–Kier alpha value is -0.400. The molecule has 0 unspecified atom stereocenters. The molecule has 0 aliphatic rings. The molecule has 0 fully saturated rings. The summed E-state index contributed by atoms with van der Waals surface area (Å²) >= 11 is 11.7. The molecule has 0 aliphatic heterocycles. The maximum atomic E-state index is 5.87. The number of aryl methyl sites for hydroxylation is 1. The van der Waals surface area contributed by atoms with Crippen molar-refractivity contribution in [3.8, 4) is 0 Å². The molecule has 0 aliphatic carbocycles. The van der Waals surface area contributed by atoms with Crippen molar-refractivity contribution in [2.24, 2.45) is 0 Å². The van der Waals surface area contributed by atoms with Gasteiger partial charge < -0.3 is 5.73 Å². The summed E-state index contributed by atoms with van der Waals surface area (Å²) in [6, 6.07) is 1.82. The zero-order valence-electron chi connectivity index (χ0n) is 6.41. The van der Waals surface area contributed by atoms with Crippen LogP contribution < -0.4 is 5.73 Å². The van der Waals surface area contributed by atoms with Crippen LogP contribution in [0.4, 0.5) is 5.69 Å². The van der Waals surface area contributed by atoms with Crippen LogP contribution in [0.1, 0.15) is 11.1 Å². The van der Waals surface area contributed by atoms with Crippen LogP contribution in [0.25, 0.3) is 0 Å². The van der Waals surface area contributed by atoms with Gasteiger partial charge in [0.25, 0.3) is 0 Å². The van der Waals surface area contributed by atoms with E-state index >= 15 is 0 Å². The predicted molar refractivity (Wildman–Crippen MR) is 50.3 cm³/mol. The molecule has 0 spiro atoms. The van der Waals surface area contributed by atoms with Gasteiger partial charge >= 0.3 is 0 Å². The van der Waals surface area contributed by atoms with Gasteiger partial charge in [0.1, 0.15) is 0 Å². The SMILES string of the molecule is Cc1cc(Cl)c(C)c(N)c1Cl. The van der Waals surface area contributed by atoms with Crippen molar-refractivity contribution in [3.63, 3.8) is 0 Å². The van der Waals surface area contributed by atoms with Gasteiger partial charge in [-0.05, 0) is 31.0 Å². The quantitative estimate of drug-likeness (QED) is 0.624. The zero-order valence-corrected chi connectivity index (χ0v) is 7.92. The molecule has 0 saturated heterocycles. The summed E-state index contributed by atoms with van der Waals surface area (Å²) in [6.45, 7) is 3.73. The van der Waals surface area contributed by atoms with Gasteiger partial charge in [-0.25, -0.2) is 0 Å². The van der Waals surface area contributed by atoms with Crippen molar-refractivity contribution in [1.29, 1.82) is 0 Å². The molecular formula is C8H9Cl2N. The topological polar surface area (TPSA) is 26.0 Å². The second-order valence-electron chi connectivity index (χ2n) is 2.53. The van der Waals surface area contributed by atoms with Crippen LogP contribution in [0.2, 0.25) is 10.0 Å². The highest BCUT2D eigenvalue weighted by molar-refractivity contribution is 6.36. The fourth-order valence-electron chi connectivity index (χ4n) is 0.867. The summed E-state index contributed by atoms with van der Waals surface area (Å²) in [5.41, 5.74) is 8.01. The Kier molecular flexibility index (Phi) is 2.31. The summed E-state index contributed by atoms with van der Waals surface area (Å²) in [5, 5.41) is 1.27. The first-order valence-electron chi connectivity index (χ1n) is 3.24. The largest absolute Gasteiger partial charge is 0.397 e. The highest BCUT2D eigenvalue weighted by Gasteiger charge is 2.06. The van der Waals surface area contributed by atoms with Crippen molar-refractivity contribution >= 4 is 28.9 Å². The zero-order chi connectivity index (χ0) is 8.59. The van der Waals surface area contributed by atoms with Crippen LogP contribution in [-0.2, 0) is 0 Å². The molecule has 0 radical (unpaired) electrons. The van der Waals surface area contributed by atoms with Crippen molar-refractivity contribution in [2.45, 2.75) is 13.8 Å². The van der Waals surface area contributed by atoms with Crippen molar-refractivity contribution in [3.05, 3.63) is 27.2 Å². The van der Waals surface area contributed by atoms with Gasteiger partial charge in [-0.3, -0.25) is 0 Å². The molecular weight excluding hydrogens is 181 g/mol. The Morgan fingerprint density at radius 2 is 1.82 bits per heavy atom. The highest BCUT2D eigenvalue weighted by Crippen LogP contribution is 2.31. The standard InChI is InChI=1S/C8H9Cl2N/c1-4-3-6(9)5(2)8(11)7(4)10/h3H,11H2,1-2H3. The summed E-state index contributed by atoms with van der Waals surface area (Å²) in [6.07, 6.45) is 0. The van der Waals surface area contributed by atoms with E-state index in [0.717, 1.165) is 11.1 Å². The monoisotopic (exact) mass is 189 g/mol. The molecule has 0 heterocycles. The molecule has 1 rings (SSSR count). The minimum Gasteiger partial charge on any atom is -0.397 e. The lowest BCUT2D eigenvalue weighted by Crippen LogP contribution is -1.93. The van der Waals surface area contributed by atoms with E-state index in [1.54, 1.807) is 0 Å². The summed E-state index contributed by atoms with van der Waals surface area (Å²) < 4.78 is 0. The molecule has 1 aromatic carbocycles. The van der Waals surface area contributed by atoms with Crippen LogP contribution in [0.3, 0.4) is 0 Å². The fraction of sp³-hybridized carbons (Fsp3) is 0.250. The Morgan fingerprint density at radius 3 is 2.36 bits per heavy atom. The van der Waals surface area contributed by atoms with E-state index in [1.165, 1.54) is 0 Å². The number of hydrogen-bond acceptors (Lipinski definition) is 1. The molecule has 2 N–H and O–H groups in total. The van der Waals surface area contributed by atoms with Gasteiger partial charge in [0.05, 0.1) is 10.7 Å². The van der Waals surface area contributed by atoms with Crippen molar-refractivity contribution in [1.82, 2.24) is 0 Å². The molecule has 11 heavy (non-hydrogen) atoms. The lowest BCUT2D eigenvalue weighted by molar-refractivity contribution is 1.40. The third kappa shape index (κ3) is 1.44. The Bertz CT molecular complexity index is 268. The normalized spacial score (nSPS) is 10.2. The second kappa shape index (κ2) is 2.92. The Morgan fingerprint density at radius 1 is 1.27 bits per heavy atom. The number of nitrogen functional groups attached to an aromatic ring is 1. The summed E-state index contributed by atoms with van der Waals surface area (Å²) in [4.78, 5) is 0. The Balaban J connectivity index is 3.46. The third-order valence-corrected chi connectivity index (χ3v) is 2.58. The number of rotatable bonds is 0. The predicted octanol–water partition coefficient (Wildman–Crippen LogP) is 3.19. The van der Waals surface area contributed by atoms with Crippen LogP contribution in [0.5, 0.6) is 0 Å². The average molecular weight is 190 g/mol. The van der Waals surface area contributed by atoms with Crippen LogP contribution in [-0.4, -0.2) is 0 Å². The van der Waals surface area contributed by atoms with Crippen LogP contribution in [0, 0.1) is 13.8 Å². The van der Waals surface area contributed by atoms with Crippen LogP contribution in [0.15, 0.2) is 6.07 Å². The number of halogens is 2. The average Bonchev–Trinajstić information content (AvgIpc) is 1.97. The van der Waals surface area contributed by atoms with E-state index in [-0.39, 0.29) is 0 Å². The Labute approximate surface area is 76.1 Å². The van der Waals surface area contributed by atoms with Crippen LogP contribution >= 0.6 is 23.2 Å². The van der Waals surface area contributed by atoms with Gasteiger partial charge in [0.2, 0.25) is 0 Å². The minimum atomic E-state index is 0.580. The lowest BCUT2D eigenvalue weighted by atomic mass is 10.1. The van der Waals surface area contributed by atoms with Gasteiger partial charge in [0, 0.05) is 5.02 Å². The van der Waals surface area contributed by atoms with E-state index in [9.17, 15) is 0 Å². The minimum absolute atomic E-state index is 0.580. The molecule has 0 amide bonds. The summed E-state index contributed by atoms with van der Waals surface area (Å²) in [7, 11) is 0. The van der Waals surface area contributed by atoms with Gasteiger partial charge in [0.15, 0.2) is 0 Å². The van der Waals surface area contributed by atoms with E-state index in [2.05, 4.69) is 0 Å². The molecule has 1 nitrogen and oxygen atoms in total. The van der Waals surface area contributed by atoms with Gasteiger partial charge in [-0.1, -0.05) is 23.2 Å². The van der Waals surface area contributed by atoms with Crippen molar-refractivity contribution < 1.29 is 0 Å². The smallest absolute Gasteiger partial charge is 0.0668 e. The number of benzene rings is 1. The van der Waals surface area contributed by atoms with Gasteiger partial charge in [-0.2, -0.15) is 0 Å². The third-order valence-electron chi connectivity index (χ3n) is 1.69. The fourth-order valence-corrected chi connectivity index (χ4v) is 1.33. The first-order chi connectivity index (χ1) is 5.04. The van der Waals surface area contributed by atoms with E-state index in [1.807, 2.05) is 19.9 Å². The number of hydrogen-bond donors (Lipinski definition) is 1. The first kappa shape index (κ1) is 8.69. The lowest BCUT2D eigenvalue weighted by Gasteiger charge is -2.07. The van der Waals surface area contributed by atoms with Gasteiger partial charge in [-0.15, -0.1) is 0 Å². The number of anilines is 1. The second-order valence-corrected chi connectivity index (χ2v) is 3.31. The summed E-state index contributed by atoms with van der Waals surface area (Å²) in [5.74, 6) is 0. The molecule has 1 aromatic rings. The first-order valence-corrected chi connectivity index (χ1v) is 4.00. The molecule has 0 atom stereocenters. The van der Waals surface area contributed by atoms with E-state index in [0.29, 0.717) is 15.7 Å². The molecule has 3 heteroatoms. The van der Waals surface area contributed by atoms with E-state index < -0.39 is 0 Å². The highest BCUT2D eigenvalue weighted by atomic mass is 35.5. The maximum absolute atomic E-state index is 5.87. The van der Waals surface area contributed by atoms with Crippen molar-refractivity contribution in [2.75, 3.05) is 5.73 Å². The molecule has 0 aromatic heterocycles. The number of nitrogens with two attached hydrogens (primary N) is 1. The maximum Gasteiger partial charge on any atom is 0.0668 e. The molecule has 0 saturated carbocycles. The van der Waals surface area contributed by atoms with E-state index in [4.69, 9.17) is 28.9 Å². The molecule has 60 valence electrons.